The number of hydrogen-bond donors (Lipinski definition) is 1. The van der Waals surface area contributed by atoms with Gasteiger partial charge in [0.1, 0.15) is 5.65 Å². The van der Waals surface area contributed by atoms with E-state index in [1.807, 2.05) is 41.9 Å². The Morgan fingerprint density at radius 3 is 3.06 bits per heavy atom. The molecule has 86 valence electrons. The maximum absolute atomic E-state index is 11.7. The monoisotopic (exact) mass is 237 g/mol. The first-order valence-corrected chi connectivity index (χ1v) is 6.67. The van der Waals surface area contributed by atoms with Crippen LogP contribution in [0.1, 0.15) is 12.6 Å². The molecule has 5 heteroatoms. The highest BCUT2D eigenvalue weighted by molar-refractivity contribution is 7.84. The lowest BCUT2D eigenvalue weighted by molar-refractivity contribution is 0.675. The first-order valence-electron chi connectivity index (χ1n) is 5.18. The molecule has 0 spiro atoms. The third kappa shape index (κ3) is 2.68. The van der Waals surface area contributed by atoms with Crippen LogP contribution in [0.15, 0.2) is 30.6 Å². The van der Waals surface area contributed by atoms with Crippen molar-refractivity contribution in [3.8, 4) is 0 Å². The zero-order valence-electron chi connectivity index (χ0n) is 9.17. The number of imidazole rings is 1. The first-order chi connectivity index (χ1) is 7.65. The summed E-state index contributed by atoms with van der Waals surface area (Å²) in [5, 5.41) is 0. The molecule has 0 amide bonds. The van der Waals surface area contributed by atoms with E-state index in [1.165, 1.54) is 0 Å². The van der Waals surface area contributed by atoms with E-state index in [1.54, 1.807) is 0 Å². The van der Waals surface area contributed by atoms with Gasteiger partial charge in [-0.15, -0.1) is 0 Å². The molecule has 2 aromatic rings. The highest BCUT2D eigenvalue weighted by Crippen LogP contribution is 2.07. The van der Waals surface area contributed by atoms with Gasteiger partial charge in [0.25, 0.3) is 0 Å². The summed E-state index contributed by atoms with van der Waals surface area (Å²) in [7, 11) is -0.929. The van der Waals surface area contributed by atoms with Crippen LogP contribution in [0.25, 0.3) is 5.65 Å². The van der Waals surface area contributed by atoms with E-state index >= 15 is 0 Å². The Labute approximate surface area is 96.9 Å². The van der Waals surface area contributed by atoms with Gasteiger partial charge in [-0.3, -0.25) is 4.21 Å². The maximum atomic E-state index is 11.7. The fourth-order valence-electron chi connectivity index (χ4n) is 1.57. The van der Waals surface area contributed by atoms with Crippen molar-refractivity contribution in [1.29, 1.82) is 0 Å². The average Bonchev–Trinajstić information content (AvgIpc) is 2.57. The average molecular weight is 237 g/mol. The zero-order valence-corrected chi connectivity index (χ0v) is 9.98. The SMILES string of the molecule is CC(N)CS(=O)Cc1cn2ccccc2n1. The Morgan fingerprint density at radius 2 is 2.38 bits per heavy atom. The van der Waals surface area contributed by atoms with Gasteiger partial charge in [-0.1, -0.05) is 6.07 Å². The van der Waals surface area contributed by atoms with Crippen LogP contribution in [0.5, 0.6) is 0 Å². The molecule has 16 heavy (non-hydrogen) atoms. The van der Waals surface area contributed by atoms with Crippen LogP contribution in [-0.2, 0) is 16.6 Å². The zero-order chi connectivity index (χ0) is 11.5. The molecule has 2 rings (SSSR count). The number of pyridine rings is 1. The Hall–Kier alpha value is -1.20. The number of aromatic nitrogens is 2. The highest BCUT2D eigenvalue weighted by Gasteiger charge is 2.07. The quantitative estimate of drug-likeness (QED) is 0.860. The normalized spacial score (nSPS) is 15.1. The van der Waals surface area contributed by atoms with Gasteiger partial charge in [0, 0.05) is 35.0 Å². The second-order valence-corrected chi connectivity index (χ2v) is 5.43. The minimum absolute atomic E-state index is 0.0298. The van der Waals surface area contributed by atoms with Crippen LogP contribution >= 0.6 is 0 Å². The molecule has 0 aromatic carbocycles. The van der Waals surface area contributed by atoms with Crippen molar-refractivity contribution in [2.24, 2.45) is 5.73 Å². The molecule has 4 nitrogen and oxygen atoms in total. The molecule has 0 radical (unpaired) electrons. The van der Waals surface area contributed by atoms with Gasteiger partial charge in [0.2, 0.25) is 0 Å². The lowest BCUT2D eigenvalue weighted by atomic mass is 10.4. The van der Waals surface area contributed by atoms with Crippen molar-refractivity contribution in [2.75, 3.05) is 5.75 Å². The number of nitrogens with two attached hydrogens (primary N) is 1. The predicted molar refractivity (Wildman–Crippen MR) is 65.6 cm³/mol. The molecule has 2 N–H and O–H groups in total. The van der Waals surface area contributed by atoms with Gasteiger partial charge in [-0.05, 0) is 19.1 Å². The summed E-state index contributed by atoms with van der Waals surface area (Å²) in [4.78, 5) is 4.39. The van der Waals surface area contributed by atoms with Crippen LogP contribution in [0.2, 0.25) is 0 Å². The molecule has 0 saturated carbocycles. The summed E-state index contributed by atoms with van der Waals surface area (Å²) in [6.45, 7) is 1.86. The summed E-state index contributed by atoms with van der Waals surface area (Å²) in [5.74, 6) is 0.997. The molecule has 0 aliphatic carbocycles. The maximum Gasteiger partial charge on any atom is 0.137 e. The van der Waals surface area contributed by atoms with E-state index in [4.69, 9.17) is 5.73 Å². The van der Waals surface area contributed by atoms with Crippen molar-refractivity contribution in [3.05, 3.63) is 36.3 Å². The van der Waals surface area contributed by atoms with E-state index in [0.717, 1.165) is 11.3 Å². The van der Waals surface area contributed by atoms with Gasteiger partial charge in [0.05, 0.1) is 11.4 Å². The molecular formula is C11H15N3OS. The number of fused-ring (bicyclic) bond motifs is 1. The molecule has 2 aromatic heterocycles. The summed E-state index contributed by atoms with van der Waals surface area (Å²) in [6.07, 6.45) is 3.84. The van der Waals surface area contributed by atoms with E-state index in [-0.39, 0.29) is 6.04 Å². The summed E-state index contributed by atoms with van der Waals surface area (Å²) in [5.41, 5.74) is 7.34. The number of nitrogens with zero attached hydrogens (tertiary/aromatic N) is 2. The lowest BCUT2D eigenvalue weighted by Crippen LogP contribution is -2.23. The molecule has 2 heterocycles. The van der Waals surface area contributed by atoms with Crippen molar-refractivity contribution in [3.63, 3.8) is 0 Å². The Balaban J connectivity index is 2.12. The smallest absolute Gasteiger partial charge is 0.137 e. The van der Waals surface area contributed by atoms with E-state index in [9.17, 15) is 4.21 Å². The summed E-state index contributed by atoms with van der Waals surface area (Å²) < 4.78 is 13.6. The van der Waals surface area contributed by atoms with Gasteiger partial charge in [-0.25, -0.2) is 4.98 Å². The predicted octanol–water partition coefficient (Wildman–Crippen LogP) is 0.930. The standard InChI is InChI=1S/C11H15N3OS/c1-9(12)7-16(15)8-10-6-14-5-3-2-4-11(14)13-10/h2-6,9H,7-8,12H2,1H3. The van der Waals surface area contributed by atoms with Crippen molar-refractivity contribution in [1.82, 2.24) is 9.38 Å². The third-order valence-electron chi connectivity index (χ3n) is 2.17. The summed E-state index contributed by atoms with van der Waals surface area (Å²) >= 11 is 0. The number of hydrogen-bond acceptors (Lipinski definition) is 3. The van der Waals surface area contributed by atoms with Crippen molar-refractivity contribution >= 4 is 16.4 Å². The van der Waals surface area contributed by atoms with Gasteiger partial charge in [-0.2, -0.15) is 0 Å². The van der Waals surface area contributed by atoms with Crippen molar-refractivity contribution in [2.45, 2.75) is 18.7 Å². The Bertz CT molecular complexity index is 474. The molecule has 2 atom stereocenters. The lowest BCUT2D eigenvalue weighted by Gasteiger charge is -2.02. The fraction of sp³-hybridized carbons (Fsp3) is 0.364. The minimum Gasteiger partial charge on any atom is -0.327 e. The molecule has 0 aliphatic rings. The fourth-order valence-corrected chi connectivity index (χ4v) is 2.75. The Morgan fingerprint density at radius 1 is 1.56 bits per heavy atom. The molecule has 0 fully saturated rings. The second kappa shape index (κ2) is 4.76. The molecule has 0 saturated heterocycles. The largest absolute Gasteiger partial charge is 0.327 e. The summed E-state index contributed by atoms with van der Waals surface area (Å²) in [6, 6.07) is 5.78. The highest BCUT2D eigenvalue weighted by atomic mass is 32.2. The molecular weight excluding hydrogens is 222 g/mol. The van der Waals surface area contributed by atoms with Crippen LogP contribution in [0.3, 0.4) is 0 Å². The molecule has 0 bridgehead atoms. The van der Waals surface area contributed by atoms with E-state index < -0.39 is 10.8 Å². The third-order valence-corrected chi connectivity index (χ3v) is 3.69. The van der Waals surface area contributed by atoms with Gasteiger partial charge >= 0.3 is 0 Å². The van der Waals surface area contributed by atoms with Gasteiger partial charge < -0.3 is 10.1 Å². The first kappa shape index (κ1) is 11.3. The van der Waals surface area contributed by atoms with Crippen LogP contribution in [0.4, 0.5) is 0 Å². The topological polar surface area (TPSA) is 60.4 Å². The number of rotatable bonds is 4. The minimum atomic E-state index is -0.929. The Kier molecular flexibility index (Phi) is 3.36. The van der Waals surface area contributed by atoms with Crippen LogP contribution in [-0.4, -0.2) is 25.4 Å². The van der Waals surface area contributed by atoms with Crippen molar-refractivity contribution < 1.29 is 4.21 Å². The van der Waals surface area contributed by atoms with E-state index in [0.29, 0.717) is 11.5 Å². The second-order valence-electron chi connectivity index (χ2n) is 3.93. The molecule has 0 aliphatic heterocycles. The van der Waals surface area contributed by atoms with Gasteiger partial charge in [0.15, 0.2) is 0 Å². The van der Waals surface area contributed by atoms with E-state index in [2.05, 4.69) is 4.98 Å². The molecule has 2 unspecified atom stereocenters. The van der Waals surface area contributed by atoms with Crippen LogP contribution in [0, 0.1) is 0 Å². The van der Waals surface area contributed by atoms with Crippen LogP contribution < -0.4 is 5.73 Å².